The summed E-state index contributed by atoms with van der Waals surface area (Å²) in [6, 6.07) is 5.94. The van der Waals surface area contributed by atoms with Crippen LogP contribution in [0.4, 0.5) is 0 Å². The van der Waals surface area contributed by atoms with Crippen molar-refractivity contribution in [1.82, 2.24) is 9.71 Å². The molecule has 0 aliphatic rings. The van der Waals surface area contributed by atoms with Gasteiger partial charge in [-0.1, -0.05) is 19.1 Å². The first-order valence-corrected chi connectivity index (χ1v) is 9.95. The fourth-order valence-electron chi connectivity index (χ4n) is 2.27. The summed E-state index contributed by atoms with van der Waals surface area (Å²) in [5.41, 5.74) is 0.554. The fraction of sp³-hybridized carbons (Fsp3) is 0.375. The molecule has 2 N–H and O–H groups in total. The number of carboxylic acid groups (broad SMARTS) is 1. The minimum Gasteiger partial charge on any atom is -0.478 e. The van der Waals surface area contributed by atoms with Crippen LogP contribution in [0.1, 0.15) is 46.9 Å². The quantitative estimate of drug-likeness (QED) is 0.783. The molecule has 6 nitrogen and oxygen atoms in total. The molecule has 0 bridgehead atoms. The van der Waals surface area contributed by atoms with Crippen molar-refractivity contribution in [3.63, 3.8) is 0 Å². The standard InChI is InChI=1S/C16H20N2O4S2/c1-4-16(3,15-17-11(2)9-23-15)18-24(21,22)10-12-6-5-7-13(8-12)14(19)20/h5-9,18H,4,10H2,1-3H3,(H,19,20). The molecule has 1 aromatic heterocycles. The van der Waals surface area contributed by atoms with Crippen LogP contribution in [-0.4, -0.2) is 24.5 Å². The number of aryl methyl sites for hydroxylation is 1. The van der Waals surface area contributed by atoms with Crippen LogP contribution >= 0.6 is 11.3 Å². The summed E-state index contributed by atoms with van der Waals surface area (Å²) in [4.78, 5) is 15.4. The normalized spacial score (nSPS) is 14.3. The minimum atomic E-state index is -3.66. The molecule has 1 heterocycles. The molecule has 8 heteroatoms. The van der Waals surface area contributed by atoms with Crippen molar-refractivity contribution in [3.8, 4) is 0 Å². The summed E-state index contributed by atoms with van der Waals surface area (Å²) in [6.45, 7) is 5.56. The van der Waals surface area contributed by atoms with Gasteiger partial charge in [-0.3, -0.25) is 0 Å². The lowest BCUT2D eigenvalue weighted by Gasteiger charge is -2.27. The molecular weight excluding hydrogens is 348 g/mol. The number of sulfonamides is 1. The number of aromatic nitrogens is 1. The average Bonchev–Trinajstić information content (AvgIpc) is 2.93. The van der Waals surface area contributed by atoms with E-state index < -0.39 is 21.5 Å². The highest BCUT2D eigenvalue weighted by Crippen LogP contribution is 2.28. The van der Waals surface area contributed by atoms with Gasteiger partial charge in [-0.2, -0.15) is 0 Å². The first-order valence-electron chi connectivity index (χ1n) is 7.42. The van der Waals surface area contributed by atoms with Crippen LogP contribution in [0.5, 0.6) is 0 Å². The van der Waals surface area contributed by atoms with Crippen LogP contribution in [0.3, 0.4) is 0 Å². The maximum atomic E-state index is 12.6. The van der Waals surface area contributed by atoms with E-state index in [1.165, 1.54) is 29.5 Å². The molecule has 0 radical (unpaired) electrons. The smallest absolute Gasteiger partial charge is 0.335 e. The first-order chi connectivity index (χ1) is 11.1. The number of benzene rings is 1. The van der Waals surface area contributed by atoms with E-state index in [2.05, 4.69) is 9.71 Å². The van der Waals surface area contributed by atoms with Gasteiger partial charge in [0.05, 0.1) is 16.9 Å². The second-order valence-electron chi connectivity index (χ2n) is 5.85. The maximum Gasteiger partial charge on any atom is 0.335 e. The number of carboxylic acids is 1. The lowest BCUT2D eigenvalue weighted by Crippen LogP contribution is -2.43. The number of nitrogens with zero attached hydrogens (tertiary/aromatic N) is 1. The van der Waals surface area contributed by atoms with Crippen molar-refractivity contribution in [2.75, 3.05) is 0 Å². The van der Waals surface area contributed by atoms with Gasteiger partial charge in [-0.15, -0.1) is 11.3 Å². The molecule has 0 saturated heterocycles. The second kappa shape index (κ2) is 7.00. The Labute approximate surface area is 145 Å². The summed E-state index contributed by atoms with van der Waals surface area (Å²) < 4.78 is 27.8. The number of aromatic carboxylic acids is 1. The molecule has 1 unspecified atom stereocenters. The highest BCUT2D eigenvalue weighted by Gasteiger charge is 2.32. The molecular formula is C16H20N2O4S2. The summed E-state index contributed by atoms with van der Waals surface area (Å²) in [5.74, 6) is -1.37. The number of thiazole rings is 1. The van der Waals surface area contributed by atoms with Crippen molar-refractivity contribution in [2.24, 2.45) is 0 Å². The van der Waals surface area contributed by atoms with E-state index in [0.29, 0.717) is 17.0 Å². The van der Waals surface area contributed by atoms with E-state index in [9.17, 15) is 13.2 Å². The van der Waals surface area contributed by atoms with Crippen molar-refractivity contribution >= 4 is 27.3 Å². The predicted octanol–water partition coefficient (Wildman–Crippen LogP) is 2.89. The molecule has 0 saturated carbocycles. The number of hydrogen-bond donors (Lipinski definition) is 2. The Kier molecular flexibility index (Phi) is 5.42. The molecule has 0 spiro atoms. The third-order valence-corrected chi connectivity index (χ3v) is 6.41. The SMILES string of the molecule is CCC(C)(NS(=O)(=O)Cc1cccc(C(=O)O)c1)c1nc(C)cs1. The van der Waals surface area contributed by atoms with E-state index >= 15 is 0 Å². The van der Waals surface area contributed by atoms with Crippen molar-refractivity contribution < 1.29 is 18.3 Å². The Morgan fingerprint density at radius 2 is 2.12 bits per heavy atom. The molecule has 0 fully saturated rings. The third kappa shape index (κ3) is 4.40. The molecule has 1 aromatic carbocycles. The van der Waals surface area contributed by atoms with E-state index in [1.54, 1.807) is 13.0 Å². The zero-order valence-electron chi connectivity index (χ0n) is 13.7. The number of nitrogens with one attached hydrogen (secondary N) is 1. The van der Waals surface area contributed by atoms with Crippen LogP contribution < -0.4 is 4.72 Å². The lowest BCUT2D eigenvalue weighted by atomic mass is 10.0. The summed E-state index contributed by atoms with van der Waals surface area (Å²) >= 11 is 1.42. The van der Waals surface area contributed by atoms with Crippen LogP contribution in [0.15, 0.2) is 29.6 Å². The maximum absolute atomic E-state index is 12.6. The van der Waals surface area contributed by atoms with E-state index in [0.717, 1.165) is 5.69 Å². The molecule has 0 aliphatic heterocycles. The van der Waals surface area contributed by atoms with Crippen LogP contribution in [0.2, 0.25) is 0 Å². The summed E-state index contributed by atoms with van der Waals surface area (Å²) in [5, 5.41) is 11.6. The first kappa shape index (κ1) is 18.6. The zero-order valence-corrected chi connectivity index (χ0v) is 15.4. The number of rotatable bonds is 7. The Balaban J connectivity index is 2.24. The highest BCUT2D eigenvalue weighted by molar-refractivity contribution is 7.88. The zero-order chi connectivity index (χ0) is 18.0. The van der Waals surface area contributed by atoms with Gasteiger partial charge in [0.2, 0.25) is 10.0 Å². The predicted molar refractivity (Wildman–Crippen MR) is 93.7 cm³/mol. The van der Waals surface area contributed by atoms with Crippen molar-refractivity contribution in [3.05, 3.63) is 51.5 Å². The van der Waals surface area contributed by atoms with Gasteiger partial charge in [0, 0.05) is 11.1 Å². The van der Waals surface area contributed by atoms with Crippen LogP contribution in [-0.2, 0) is 21.3 Å². The van der Waals surface area contributed by atoms with Crippen molar-refractivity contribution in [2.45, 2.75) is 38.5 Å². The Morgan fingerprint density at radius 3 is 2.67 bits per heavy atom. The fourth-order valence-corrected chi connectivity index (χ4v) is 4.94. The van der Waals surface area contributed by atoms with E-state index in [1.807, 2.05) is 19.2 Å². The van der Waals surface area contributed by atoms with Gasteiger partial charge in [0.15, 0.2) is 0 Å². The monoisotopic (exact) mass is 368 g/mol. The average molecular weight is 368 g/mol. The van der Waals surface area contributed by atoms with E-state index in [-0.39, 0.29) is 11.3 Å². The number of hydrogen-bond acceptors (Lipinski definition) is 5. The Hall–Kier alpha value is -1.77. The Morgan fingerprint density at radius 1 is 1.42 bits per heavy atom. The summed E-state index contributed by atoms with van der Waals surface area (Å²) in [7, 11) is -3.66. The minimum absolute atomic E-state index is 0.0662. The molecule has 0 aliphatic carbocycles. The van der Waals surface area contributed by atoms with Crippen LogP contribution in [0.25, 0.3) is 0 Å². The largest absolute Gasteiger partial charge is 0.478 e. The van der Waals surface area contributed by atoms with Gasteiger partial charge >= 0.3 is 5.97 Å². The van der Waals surface area contributed by atoms with E-state index in [4.69, 9.17) is 5.11 Å². The topological polar surface area (TPSA) is 96.4 Å². The molecule has 1 atom stereocenters. The molecule has 2 rings (SSSR count). The second-order valence-corrected chi connectivity index (χ2v) is 8.43. The van der Waals surface area contributed by atoms with Gasteiger partial charge in [0.25, 0.3) is 0 Å². The summed E-state index contributed by atoms with van der Waals surface area (Å²) in [6.07, 6.45) is 0.550. The number of carbonyl (C=O) groups is 1. The lowest BCUT2D eigenvalue weighted by molar-refractivity contribution is 0.0696. The molecule has 24 heavy (non-hydrogen) atoms. The van der Waals surface area contributed by atoms with Gasteiger partial charge in [-0.25, -0.2) is 22.9 Å². The highest BCUT2D eigenvalue weighted by atomic mass is 32.2. The molecule has 0 amide bonds. The van der Waals surface area contributed by atoms with Gasteiger partial charge in [-0.05, 0) is 38.0 Å². The van der Waals surface area contributed by atoms with Gasteiger partial charge in [0.1, 0.15) is 5.01 Å². The molecule has 2 aromatic rings. The Bertz CT molecular complexity index is 845. The van der Waals surface area contributed by atoms with Gasteiger partial charge < -0.3 is 5.11 Å². The third-order valence-electron chi connectivity index (χ3n) is 3.71. The molecule has 130 valence electrons. The van der Waals surface area contributed by atoms with Crippen molar-refractivity contribution in [1.29, 1.82) is 0 Å². The van der Waals surface area contributed by atoms with Crippen LogP contribution in [0, 0.1) is 6.92 Å².